The van der Waals surface area contributed by atoms with E-state index in [1.165, 1.54) is 18.3 Å². The summed E-state index contributed by atoms with van der Waals surface area (Å²) in [5.41, 5.74) is 5.34. The van der Waals surface area contributed by atoms with Crippen molar-refractivity contribution in [1.82, 2.24) is 4.98 Å². The summed E-state index contributed by atoms with van der Waals surface area (Å²) in [5.74, 6) is -0.636. The average molecular weight is 420 g/mol. The van der Waals surface area contributed by atoms with E-state index in [1.807, 2.05) is 39.0 Å². The highest BCUT2D eigenvalue weighted by Gasteiger charge is 2.22. The summed E-state index contributed by atoms with van der Waals surface area (Å²) >= 11 is 1.32. The molecule has 0 radical (unpaired) electrons. The van der Waals surface area contributed by atoms with Gasteiger partial charge in [0.05, 0.1) is 28.6 Å². The maximum absolute atomic E-state index is 12.4. The minimum atomic E-state index is -0.498. The molecule has 3 aromatic rings. The minimum absolute atomic E-state index is 0.00700. The normalized spacial score (nSPS) is 10.4. The molecule has 2 aromatic carbocycles. The van der Waals surface area contributed by atoms with Gasteiger partial charge < -0.3 is 4.74 Å². The summed E-state index contributed by atoms with van der Waals surface area (Å²) in [4.78, 5) is 30.8. The van der Waals surface area contributed by atoms with E-state index in [1.54, 1.807) is 34.5 Å². The Morgan fingerprint density at radius 1 is 1.13 bits per heavy atom. The van der Waals surface area contributed by atoms with E-state index >= 15 is 0 Å². The van der Waals surface area contributed by atoms with Crippen LogP contribution in [0, 0.1) is 32.1 Å². The van der Waals surface area contributed by atoms with Crippen LogP contribution in [0.15, 0.2) is 41.8 Å². The SMILES string of the molecule is CC(=O)N(c1nc(COC(=O)c2ccc(C#N)cc2)cs1)c1c(C)cc(C)cc1C. The number of nitriles is 1. The summed E-state index contributed by atoms with van der Waals surface area (Å²) in [6.45, 7) is 7.46. The lowest BCUT2D eigenvalue weighted by Crippen LogP contribution is -2.24. The lowest BCUT2D eigenvalue weighted by molar-refractivity contribution is -0.115. The lowest BCUT2D eigenvalue weighted by Gasteiger charge is -2.23. The van der Waals surface area contributed by atoms with Crippen molar-refractivity contribution in [3.05, 3.63) is 75.3 Å². The smallest absolute Gasteiger partial charge is 0.338 e. The Morgan fingerprint density at radius 2 is 1.77 bits per heavy atom. The molecule has 0 saturated carbocycles. The number of aromatic nitrogens is 1. The number of amides is 1. The van der Waals surface area contributed by atoms with Crippen LogP contribution in [-0.2, 0) is 16.1 Å². The summed E-state index contributed by atoms with van der Waals surface area (Å²) in [5, 5.41) is 11.1. The first-order valence-corrected chi connectivity index (χ1v) is 10.2. The van der Waals surface area contributed by atoms with Gasteiger partial charge in [-0.2, -0.15) is 5.26 Å². The molecule has 0 saturated heterocycles. The van der Waals surface area contributed by atoms with Crippen molar-refractivity contribution in [1.29, 1.82) is 5.26 Å². The van der Waals surface area contributed by atoms with Gasteiger partial charge in [0.2, 0.25) is 5.91 Å². The zero-order valence-electron chi connectivity index (χ0n) is 17.2. The molecule has 0 spiro atoms. The fraction of sp³-hybridized carbons (Fsp3) is 0.217. The molecule has 0 aliphatic heterocycles. The average Bonchev–Trinajstić information content (AvgIpc) is 3.16. The van der Waals surface area contributed by atoms with Gasteiger partial charge in [0, 0.05) is 12.3 Å². The van der Waals surface area contributed by atoms with Crippen LogP contribution in [0.5, 0.6) is 0 Å². The number of hydrogen-bond donors (Lipinski definition) is 0. The molecule has 1 heterocycles. The highest BCUT2D eigenvalue weighted by Crippen LogP contribution is 2.34. The Morgan fingerprint density at radius 3 is 2.33 bits per heavy atom. The Balaban J connectivity index is 1.78. The minimum Gasteiger partial charge on any atom is -0.456 e. The number of hydrogen-bond acceptors (Lipinski definition) is 6. The molecular formula is C23H21N3O3S. The van der Waals surface area contributed by atoms with Gasteiger partial charge in [-0.15, -0.1) is 11.3 Å². The highest BCUT2D eigenvalue weighted by molar-refractivity contribution is 7.14. The van der Waals surface area contributed by atoms with Gasteiger partial charge in [-0.05, 0) is 56.2 Å². The van der Waals surface area contributed by atoms with Gasteiger partial charge in [0.1, 0.15) is 6.61 Å². The van der Waals surface area contributed by atoms with Crippen molar-refractivity contribution in [2.45, 2.75) is 34.3 Å². The molecule has 1 aromatic heterocycles. The summed E-state index contributed by atoms with van der Waals surface area (Å²) in [6, 6.07) is 12.3. The standard InChI is InChI=1S/C23H21N3O3S/c1-14-9-15(2)21(16(3)10-14)26(17(4)27)23-25-20(13-30-23)12-29-22(28)19-7-5-18(11-24)6-8-19/h5-10,13H,12H2,1-4H3. The van der Waals surface area contributed by atoms with Crippen molar-refractivity contribution in [3.8, 4) is 6.07 Å². The molecule has 0 aliphatic rings. The number of ether oxygens (including phenoxy) is 1. The van der Waals surface area contributed by atoms with E-state index in [0.717, 1.165) is 22.4 Å². The topological polar surface area (TPSA) is 83.3 Å². The van der Waals surface area contributed by atoms with Crippen LogP contribution in [0.4, 0.5) is 10.8 Å². The fourth-order valence-electron chi connectivity index (χ4n) is 3.28. The Hall–Kier alpha value is -3.50. The number of carbonyl (C=O) groups excluding carboxylic acids is 2. The molecule has 1 amide bonds. The quantitative estimate of drug-likeness (QED) is 0.545. The van der Waals surface area contributed by atoms with Crippen LogP contribution in [0.1, 0.15) is 45.2 Å². The van der Waals surface area contributed by atoms with Gasteiger partial charge in [-0.25, -0.2) is 9.78 Å². The predicted molar refractivity (Wildman–Crippen MR) is 116 cm³/mol. The monoisotopic (exact) mass is 419 g/mol. The highest BCUT2D eigenvalue weighted by atomic mass is 32.1. The van der Waals surface area contributed by atoms with Gasteiger partial charge >= 0.3 is 5.97 Å². The number of benzene rings is 2. The number of anilines is 2. The summed E-state index contributed by atoms with van der Waals surface area (Å²) in [7, 11) is 0. The first kappa shape index (κ1) is 21.2. The van der Waals surface area contributed by atoms with Crippen molar-refractivity contribution in [2.75, 3.05) is 4.90 Å². The van der Waals surface area contributed by atoms with Gasteiger partial charge in [0.15, 0.2) is 5.13 Å². The van der Waals surface area contributed by atoms with Crippen LogP contribution in [0.25, 0.3) is 0 Å². The fourth-order valence-corrected chi connectivity index (χ4v) is 4.14. The largest absolute Gasteiger partial charge is 0.456 e. The Kier molecular flexibility index (Phi) is 6.28. The van der Waals surface area contributed by atoms with E-state index < -0.39 is 5.97 Å². The van der Waals surface area contributed by atoms with Crippen molar-refractivity contribution >= 4 is 34.0 Å². The number of rotatable bonds is 5. The van der Waals surface area contributed by atoms with Gasteiger partial charge in [0.25, 0.3) is 0 Å². The third-order valence-electron chi connectivity index (χ3n) is 4.51. The van der Waals surface area contributed by atoms with E-state index in [2.05, 4.69) is 4.98 Å². The third kappa shape index (κ3) is 4.56. The van der Waals surface area contributed by atoms with E-state index in [9.17, 15) is 9.59 Å². The molecule has 0 atom stereocenters. The molecule has 3 rings (SSSR count). The molecule has 152 valence electrons. The second-order valence-electron chi connectivity index (χ2n) is 6.99. The van der Waals surface area contributed by atoms with Crippen LogP contribution in [-0.4, -0.2) is 16.9 Å². The second-order valence-corrected chi connectivity index (χ2v) is 7.83. The number of aryl methyl sites for hydroxylation is 3. The van der Waals surface area contributed by atoms with Crippen LogP contribution in [0.2, 0.25) is 0 Å². The number of esters is 1. The first-order chi connectivity index (χ1) is 14.3. The molecule has 7 heteroatoms. The van der Waals surface area contributed by atoms with E-state index in [4.69, 9.17) is 10.00 Å². The molecule has 0 aliphatic carbocycles. The van der Waals surface area contributed by atoms with Crippen LogP contribution < -0.4 is 4.90 Å². The van der Waals surface area contributed by atoms with Crippen molar-refractivity contribution < 1.29 is 14.3 Å². The molecular weight excluding hydrogens is 398 g/mol. The molecule has 0 unspecified atom stereocenters. The Bertz CT molecular complexity index is 1120. The molecule has 30 heavy (non-hydrogen) atoms. The van der Waals surface area contributed by atoms with Crippen LogP contribution in [0.3, 0.4) is 0 Å². The number of nitrogens with zero attached hydrogens (tertiary/aromatic N) is 3. The zero-order valence-corrected chi connectivity index (χ0v) is 18.0. The maximum Gasteiger partial charge on any atom is 0.338 e. The molecule has 0 bridgehead atoms. The van der Waals surface area contributed by atoms with Gasteiger partial charge in [-0.1, -0.05) is 17.7 Å². The summed E-state index contributed by atoms with van der Waals surface area (Å²) in [6.07, 6.45) is 0. The third-order valence-corrected chi connectivity index (χ3v) is 5.38. The zero-order chi connectivity index (χ0) is 21.8. The number of thiazole rings is 1. The number of carbonyl (C=O) groups is 2. The predicted octanol–water partition coefficient (Wildman–Crippen LogP) is 4.98. The van der Waals surface area contributed by atoms with E-state index in [0.29, 0.717) is 22.0 Å². The van der Waals surface area contributed by atoms with Crippen molar-refractivity contribution in [3.63, 3.8) is 0 Å². The van der Waals surface area contributed by atoms with Crippen LogP contribution >= 0.6 is 11.3 Å². The summed E-state index contributed by atoms with van der Waals surface area (Å²) < 4.78 is 5.33. The first-order valence-electron chi connectivity index (χ1n) is 9.30. The Labute approximate surface area is 179 Å². The maximum atomic E-state index is 12.4. The molecule has 6 nitrogen and oxygen atoms in total. The van der Waals surface area contributed by atoms with E-state index in [-0.39, 0.29) is 12.5 Å². The van der Waals surface area contributed by atoms with Crippen molar-refractivity contribution in [2.24, 2.45) is 0 Å². The lowest BCUT2D eigenvalue weighted by atomic mass is 10.0. The second kappa shape index (κ2) is 8.89. The van der Waals surface area contributed by atoms with Gasteiger partial charge in [-0.3, -0.25) is 9.69 Å². The molecule has 0 N–H and O–H groups in total. The molecule has 0 fully saturated rings.